The Balaban J connectivity index is 2.45. The topological polar surface area (TPSA) is 33.2 Å². The standard InChI is InChI=1S/C13H20N2OS/c1-10(2)12(17)13(16)15(3)9-6-11-4-7-14-8-5-11/h4-5,7-8,10,12,17H,6,9H2,1-3H3. The third-order valence-electron chi connectivity index (χ3n) is 2.75. The molecule has 0 aliphatic heterocycles. The van der Waals surface area contributed by atoms with Crippen molar-refractivity contribution in [1.82, 2.24) is 9.88 Å². The second-order valence-electron chi connectivity index (χ2n) is 4.55. The Hall–Kier alpha value is -1.03. The molecule has 1 heterocycles. The van der Waals surface area contributed by atoms with E-state index in [1.54, 1.807) is 17.3 Å². The monoisotopic (exact) mass is 252 g/mol. The molecule has 1 aromatic heterocycles. The Labute approximate surface area is 109 Å². The van der Waals surface area contributed by atoms with Gasteiger partial charge in [-0.05, 0) is 30.0 Å². The summed E-state index contributed by atoms with van der Waals surface area (Å²) < 4.78 is 0. The van der Waals surface area contributed by atoms with Crippen LogP contribution in [0.5, 0.6) is 0 Å². The van der Waals surface area contributed by atoms with Crippen molar-refractivity contribution in [2.24, 2.45) is 5.92 Å². The molecule has 1 rings (SSSR count). The van der Waals surface area contributed by atoms with Crippen molar-refractivity contribution in [2.75, 3.05) is 13.6 Å². The summed E-state index contributed by atoms with van der Waals surface area (Å²) in [4.78, 5) is 17.7. The molecule has 0 spiro atoms. The van der Waals surface area contributed by atoms with Crippen LogP contribution < -0.4 is 0 Å². The smallest absolute Gasteiger partial charge is 0.235 e. The number of thiol groups is 1. The van der Waals surface area contributed by atoms with Crippen LogP contribution in [-0.2, 0) is 11.2 Å². The van der Waals surface area contributed by atoms with Crippen LogP contribution in [0.4, 0.5) is 0 Å². The van der Waals surface area contributed by atoms with Crippen molar-refractivity contribution in [2.45, 2.75) is 25.5 Å². The summed E-state index contributed by atoms with van der Waals surface area (Å²) in [7, 11) is 1.83. The number of amides is 1. The molecule has 0 bridgehead atoms. The highest BCUT2D eigenvalue weighted by molar-refractivity contribution is 7.81. The van der Waals surface area contributed by atoms with Crippen LogP contribution in [0.25, 0.3) is 0 Å². The first-order valence-electron chi connectivity index (χ1n) is 5.84. The average Bonchev–Trinajstić information content (AvgIpc) is 2.35. The predicted octanol–water partition coefficient (Wildman–Crippen LogP) is 2.04. The zero-order valence-electron chi connectivity index (χ0n) is 10.6. The number of nitrogens with zero attached hydrogens (tertiary/aromatic N) is 2. The zero-order chi connectivity index (χ0) is 12.8. The van der Waals surface area contributed by atoms with Gasteiger partial charge in [-0.2, -0.15) is 12.6 Å². The molecule has 4 heteroatoms. The van der Waals surface area contributed by atoms with Crippen molar-refractivity contribution in [3.63, 3.8) is 0 Å². The van der Waals surface area contributed by atoms with Gasteiger partial charge in [0, 0.05) is 26.0 Å². The maximum absolute atomic E-state index is 11.9. The lowest BCUT2D eigenvalue weighted by Crippen LogP contribution is -2.37. The van der Waals surface area contributed by atoms with Gasteiger partial charge in [-0.15, -0.1) is 0 Å². The maximum atomic E-state index is 11.9. The molecule has 1 unspecified atom stereocenters. The number of rotatable bonds is 5. The second-order valence-corrected chi connectivity index (χ2v) is 5.11. The molecule has 0 saturated carbocycles. The average molecular weight is 252 g/mol. The van der Waals surface area contributed by atoms with Crippen molar-refractivity contribution in [3.05, 3.63) is 30.1 Å². The van der Waals surface area contributed by atoms with Gasteiger partial charge in [-0.3, -0.25) is 9.78 Å². The van der Waals surface area contributed by atoms with E-state index in [0.29, 0.717) is 6.54 Å². The number of hydrogen-bond donors (Lipinski definition) is 1. The van der Waals surface area contributed by atoms with Crippen molar-refractivity contribution >= 4 is 18.5 Å². The Morgan fingerprint density at radius 2 is 2.00 bits per heavy atom. The fourth-order valence-electron chi connectivity index (χ4n) is 1.47. The van der Waals surface area contributed by atoms with Gasteiger partial charge in [0.25, 0.3) is 0 Å². The van der Waals surface area contributed by atoms with Crippen molar-refractivity contribution < 1.29 is 4.79 Å². The normalized spacial score (nSPS) is 12.5. The first-order valence-corrected chi connectivity index (χ1v) is 6.36. The van der Waals surface area contributed by atoms with E-state index in [1.165, 1.54) is 5.56 Å². The third-order valence-corrected chi connectivity index (χ3v) is 3.56. The van der Waals surface area contributed by atoms with Crippen LogP contribution in [-0.4, -0.2) is 34.6 Å². The van der Waals surface area contributed by atoms with Gasteiger partial charge >= 0.3 is 0 Å². The SMILES string of the molecule is CC(C)C(S)C(=O)N(C)CCc1ccncc1. The van der Waals surface area contributed by atoms with Gasteiger partial charge in [-0.1, -0.05) is 13.8 Å². The van der Waals surface area contributed by atoms with Crippen LogP contribution in [0.2, 0.25) is 0 Å². The van der Waals surface area contributed by atoms with E-state index in [2.05, 4.69) is 17.6 Å². The molecule has 1 atom stereocenters. The van der Waals surface area contributed by atoms with Crippen LogP contribution in [0.3, 0.4) is 0 Å². The fourth-order valence-corrected chi connectivity index (χ4v) is 1.66. The minimum atomic E-state index is -0.211. The van der Waals surface area contributed by atoms with Gasteiger partial charge < -0.3 is 4.90 Å². The molecule has 0 aromatic carbocycles. The van der Waals surface area contributed by atoms with Crippen LogP contribution >= 0.6 is 12.6 Å². The predicted molar refractivity (Wildman–Crippen MR) is 73.2 cm³/mol. The van der Waals surface area contributed by atoms with Gasteiger partial charge in [0.2, 0.25) is 5.91 Å². The van der Waals surface area contributed by atoms with E-state index in [9.17, 15) is 4.79 Å². The minimum Gasteiger partial charge on any atom is -0.344 e. The van der Waals surface area contributed by atoms with Crippen LogP contribution in [0.15, 0.2) is 24.5 Å². The van der Waals surface area contributed by atoms with Crippen LogP contribution in [0.1, 0.15) is 19.4 Å². The highest BCUT2D eigenvalue weighted by atomic mass is 32.1. The second kappa shape index (κ2) is 6.64. The van der Waals surface area contributed by atoms with E-state index >= 15 is 0 Å². The first-order chi connectivity index (χ1) is 8.02. The lowest BCUT2D eigenvalue weighted by molar-refractivity contribution is -0.129. The molecular weight excluding hydrogens is 232 g/mol. The lowest BCUT2D eigenvalue weighted by atomic mass is 10.1. The molecule has 0 saturated heterocycles. The molecular formula is C13H20N2OS. The molecule has 0 aliphatic carbocycles. The minimum absolute atomic E-state index is 0.0948. The molecule has 0 N–H and O–H groups in total. The maximum Gasteiger partial charge on any atom is 0.235 e. The highest BCUT2D eigenvalue weighted by Crippen LogP contribution is 2.12. The van der Waals surface area contributed by atoms with E-state index in [-0.39, 0.29) is 17.1 Å². The van der Waals surface area contributed by atoms with E-state index in [0.717, 1.165) is 6.42 Å². The Bertz CT molecular complexity index is 354. The number of carbonyl (C=O) groups excluding carboxylic acids is 1. The van der Waals surface area contributed by atoms with Gasteiger partial charge in [0.15, 0.2) is 0 Å². The Kier molecular flexibility index (Phi) is 5.48. The molecule has 0 fully saturated rings. The number of likely N-dealkylation sites (N-methyl/N-ethyl adjacent to an activating group) is 1. The number of pyridine rings is 1. The van der Waals surface area contributed by atoms with Crippen molar-refractivity contribution in [3.8, 4) is 0 Å². The van der Waals surface area contributed by atoms with Gasteiger partial charge in [0.05, 0.1) is 5.25 Å². The number of hydrogen-bond acceptors (Lipinski definition) is 3. The Morgan fingerprint density at radius 3 is 2.53 bits per heavy atom. The summed E-state index contributed by atoms with van der Waals surface area (Å²) in [5, 5.41) is -0.211. The summed E-state index contributed by atoms with van der Waals surface area (Å²) >= 11 is 4.34. The van der Waals surface area contributed by atoms with E-state index in [1.807, 2.05) is 33.0 Å². The summed E-state index contributed by atoms with van der Waals surface area (Å²) in [6, 6.07) is 3.94. The fraction of sp³-hybridized carbons (Fsp3) is 0.538. The summed E-state index contributed by atoms with van der Waals surface area (Å²) in [5.41, 5.74) is 1.19. The largest absolute Gasteiger partial charge is 0.344 e. The summed E-state index contributed by atoms with van der Waals surface area (Å²) in [5.74, 6) is 0.353. The molecule has 0 aliphatic rings. The van der Waals surface area contributed by atoms with E-state index in [4.69, 9.17) is 0 Å². The molecule has 1 amide bonds. The van der Waals surface area contributed by atoms with Crippen molar-refractivity contribution in [1.29, 1.82) is 0 Å². The van der Waals surface area contributed by atoms with E-state index < -0.39 is 0 Å². The summed E-state index contributed by atoms with van der Waals surface area (Å²) in [6.07, 6.45) is 4.39. The third kappa shape index (κ3) is 4.38. The number of aromatic nitrogens is 1. The summed E-state index contributed by atoms with van der Waals surface area (Å²) in [6.45, 7) is 4.73. The van der Waals surface area contributed by atoms with Gasteiger partial charge in [0.1, 0.15) is 0 Å². The van der Waals surface area contributed by atoms with Crippen LogP contribution in [0, 0.1) is 5.92 Å². The highest BCUT2D eigenvalue weighted by Gasteiger charge is 2.20. The lowest BCUT2D eigenvalue weighted by Gasteiger charge is -2.22. The molecule has 1 aromatic rings. The first kappa shape index (κ1) is 14.0. The zero-order valence-corrected chi connectivity index (χ0v) is 11.5. The molecule has 94 valence electrons. The molecule has 17 heavy (non-hydrogen) atoms. The van der Waals surface area contributed by atoms with Gasteiger partial charge in [-0.25, -0.2) is 0 Å². The Morgan fingerprint density at radius 1 is 1.41 bits per heavy atom. The quantitative estimate of drug-likeness (QED) is 0.814. The molecule has 3 nitrogen and oxygen atoms in total. The molecule has 0 radical (unpaired) electrons. The number of carbonyl (C=O) groups is 1.